The van der Waals surface area contributed by atoms with Gasteiger partial charge in [0.1, 0.15) is 0 Å². The molecule has 0 atom stereocenters. The molecule has 88 valence electrons. The minimum absolute atomic E-state index is 0.299. The van der Waals surface area contributed by atoms with Gasteiger partial charge in [-0.1, -0.05) is 24.3 Å². The van der Waals surface area contributed by atoms with E-state index in [1.54, 1.807) is 50.3 Å². The Kier molecular flexibility index (Phi) is 3.55. The average molecular weight is 240 g/mol. The maximum absolute atomic E-state index is 11.2. The second-order valence-corrected chi connectivity index (χ2v) is 6.34. The summed E-state index contributed by atoms with van der Waals surface area (Å²) in [5.41, 5.74) is -0.00953. The molecule has 0 aliphatic rings. The summed E-state index contributed by atoms with van der Waals surface area (Å²) in [6.45, 7) is 3.35. The molecule has 0 radical (unpaired) electrons. The number of rotatable bonds is 3. The van der Waals surface area contributed by atoms with Gasteiger partial charge in [-0.2, -0.15) is 0 Å². The van der Waals surface area contributed by atoms with Crippen LogP contribution in [-0.2, 0) is 9.84 Å². The number of benzene rings is 1. The summed E-state index contributed by atoms with van der Waals surface area (Å²) in [7, 11) is -3.14. The second kappa shape index (κ2) is 4.39. The zero-order chi connectivity index (χ0) is 12.4. The Hall–Kier alpha value is -1.13. The maximum Gasteiger partial charge on any atom is 0.175 e. The molecule has 16 heavy (non-hydrogen) atoms. The molecule has 0 amide bonds. The quantitative estimate of drug-likeness (QED) is 0.877. The summed E-state index contributed by atoms with van der Waals surface area (Å²) >= 11 is 0. The fraction of sp³-hybridized carbons (Fsp3) is 0.333. The largest absolute Gasteiger partial charge is 0.386 e. The van der Waals surface area contributed by atoms with Crippen molar-refractivity contribution in [2.45, 2.75) is 24.3 Å². The second-order valence-electron chi connectivity index (χ2n) is 4.33. The van der Waals surface area contributed by atoms with Crippen LogP contribution in [0.1, 0.15) is 19.4 Å². The molecule has 0 unspecified atom stereocenters. The Labute approximate surface area is 96.4 Å². The molecular weight excluding hydrogens is 224 g/mol. The normalized spacial score (nSPS) is 13.2. The van der Waals surface area contributed by atoms with E-state index in [0.717, 1.165) is 5.56 Å². The zero-order valence-electron chi connectivity index (χ0n) is 9.64. The van der Waals surface area contributed by atoms with Crippen LogP contribution in [0.2, 0.25) is 0 Å². The van der Waals surface area contributed by atoms with E-state index >= 15 is 0 Å². The molecule has 4 heteroatoms. The summed E-state index contributed by atoms with van der Waals surface area (Å²) in [6.07, 6.45) is 4.59. The third kappa shape index (κ3) is 4.16. The highest BCUT2D eigenvalue weighted by Gasteiger charge is 2.07. The van der Waals surface area contributed by atoms with Gasteiger partial charge in [-0.15, -0.1) is 0 Å². The first-order valence-corrected chi connectivity index (χ1v) is 6.79. The predicted octanol–water partition coefficient (Wildman–Crippen LogP) is 1.87. The van der Waals surface area contributed by atoms with E-state index in [0.29, 0.717) is 4.90 Å². The van der Waals surface area contributed by atoms with E-state index in [2.05, 4.69) is 0 Å². The lowest BCUT2D eigenvalue weighted by molar-refractivity contribution is 0.134. The minimum Gasteiger partial charge on any atom is -0.386 e. The van der Waals surface area contributed by atoms with Gasteiger partial charge in [0.25, 0.3) is 0 Å². The average Bonchev–Trinajstić information content (AvgIpc) is 2.13. The van der Waals surface area contributed by atoms with Crippen LogP contribution in [-0.4, -0.2) is 25.4 Å². The van der Waals surface area contributed by atoms with Crippen LogP contribution in [0.15, 0.2) is 35.2 Å². The molecule has 1 N–H and O–H groups in total. The van der Waals surface area contributed by atoms with Crippen molar-refractivity contribution in [2.24, 2.45) is 0 Å². The molecule has 0 bridgehead atoms. The van der Waals surface area contributed by atoms with Crippen LogP contribution in [0.25, 0.3) is 6.08 Å². The standard InChI is InChI=1S/C12H16O3S/c1-12(2,13)9-8-10-4-6-11(7-5-10)16(3,14)15/h4-9,13H,1-3H3/b9-8+. The minimum atomic E-state index is -3.14. The lowest BCUT2D eigenvalue weighted by Gasteiger charge is -2.10. The van der Waals surface area contributed by atoms with Crippen LogP contribution >= 0.6 is 0 Å². The first-order valence-electron chi connectivity index (χ1n) is 4.90. The Bertz CT molecular complexity index is 476. The van der Waals surface area contributed by atoms with Crippen molar-refractivity contribution in [2.75, 3.05) is 6.26 Å². The first kappa shape index (κ1) is 12.9. The van der Waals surface area contributed by atoms with Gasteiger partial charge in [0, 0.05) is 6.26 Å². The molecule has 0 saturated carbocycles. The van der Waals surface area contributed by atoms with E-state index < -0.39 is 15.4 Å². The van der Waals surface area contributed by atoms with Crippen molar-refractivity contribution in [3.05, 3.63) is 35.9 Å². The van der Waals surface area contributed by atoms with Crippen LogP contribution in [0.5, 0.6) is 0 Å². The molecule has 0 aliphatic carbocycles. The topological polar surface area (TPSA) is 54.4 Å². The molecule has 0 spiro atoms. The van der Waals surface area contributed by atoms with Crippen LogP contribution in [0.3, 0.4) is 0 Å². The molecule has 0 aliphatic heterocycles. The zero-order valence-corrected chi connectivity index (χ0v) is 10.5. The molecule has 1 aromatic carbocycles. The molecule has 0 saturated heterocycles. The Morgan fingerprint density at radius 3 is 2.06 bits per heavy atom. The Balaban J connectivity index is 2.93. The van der Waals surface area contributed by atoms with Crippen molar-refractivity contribution >= 4 is 15.9 Å². The number of sulfone groups is 1. The van der Waals surface area contributed by atoms with Gasteiger partial charge >= 0.3 is 0 Å². The molecule has 0 fully saturated rings. The number of hydrogen-bond acceptors (Lipinski definition) is 3. The molecule has 0 aromatic heterocycles. The van der Waals surface area contributed by atoms with Gasteiger partial charge in [0.15, 0.2) is 9.84 Å². The van der Waals surface area contributed by atoms with E-state index in [9.17, 15) is 13.5 Å². The molecule has 1 aromatic rings. The molecule has 1 rings (SSSR count). The van der Waals surface area contributed by atoms with Crippen LogP contribution < -0.4 is 0 Å². The lowest BCUT2D eigenvalue weighted by atomic mass is 10.1. The van der Waals surface area contributed by atoms with Crippen LogP contribution in [0.4, 0.5) is 0 Å². The van der Waals surface area contributed by atoms with E-state index in [1.807, 2.05) is 0 Å². The summed E-state index contributed by atoms with van der Waals surface area (Å²) in [4.78, 5) is 0.299. The van der Waals surface area contributed by atoms with E-state index in [4.69, 9.17) is 0 Å². The highest BCUT2D eigenvalue weighted by Crippen LogP contribution is 2.13. The van der Waals surface area contributed by atoms with Gasteiger partial charge in [0.05, 0.1) is 10.5 Å². The maximum atomic E-state index is 11.2. The molecule has 0 heterocycles. The fourth-order valence-corrected chi connectivity index (χ4v) is 1.76. The summed E-state index contributed by atoms with van der Waals surface area (Å²) in [6, 6.07) is 6.52. The van der Waals surface area contributed by atoms with E-state index in [1.165, 1.54) is 6.26 Å². The third-order valence-corrected chi connectivity index (χ3v) is 3.12. The van der Waals surface area contributed by atoms with Gasteiger partial charge < -0.3 is 5.11 Å². The lowest BCUT2D eigenvalue weighted by Crippen LogP contribution is -2.13. The monoisotopic (exact) mass is 240 g/mol. The summed E-state index contributed by atoms with van der Waals surface area (Å²) in [5, 5.41) is 9.48. The molecule has 3 nitrogen and oxygen atoms in total. The fourth-order valence-electron chi connectivity index (χ4n) is 1.13. The summed E-state index contributed by atoms with van der Waals surface area (Å²) < 4.78 is 22.4. The van der Waals surface area contributed by atoms with Gasteiger partial charge in [0.2, 0.25) is 0 Å². The van der Waals surface area contributed by atoms with Crippen molar-refractivity contribution in [1.82, 2.24) is 0 Å². The smallest absolute Gasteiger partial charge is 0.175 e. The van der Waals surface area contributed by atoms with Gasteiger partial charge in [-0.25, -0.2) is 8.42 Å². The van der Waals surface area contributed by atoms with Gasteiger partial charge in [-0.3, -0.25) is 0 Å². The summed E-state index contributed by atoms with van der Waals surface area (Å²) in [5.74, 6) is 0. The van der Waals surface area contributed by atoms with Crippen LogP contribution in [0, 0.1) is 0 Å². The number of aliphatic hydroxyl groups is 1. The van der Waals surface area contributed by atoms with Gasteiger partial charge in [-0.05, 0) is 31.5 Å². The first-order chi connectivity index (χ1) is 7.18. The van der Waals surface area contributed by atoms with E-state index in [-0.39, 0.29) is 0 Å². The van der Waals surface area contributed by atoms with Crippen molar-refractivity contribution < 1.29 is 13.5 Å². The van der Waals surface area contributed by atoms with Crippen molar-refractivity contribution in [3.8, 4) is 0 Å². The van der Waals surface area contributed by atoms with Crippen molar-refractivity contribution in [1.29, 1.82) is 0 Å². The highest BCUT2D eigenvalue weighted by molar-refractivity contribution is 7.90. The third-order valence-electron chi connectivity index (χ3n) is 1.99. The van der Waals surface area contributed by atoms with Crippen molar-refractivity contribution in [3.63, 3.8) is 0 Å². The number of hydrogen-bond donors (Lipinski definition) is 1. The Morgan fingerprint density at radius 1 is 1.19 bits per heavy atom. The Morgan fingerprint density at radius 2 is 1.69 bits per heavy atom. The SMILES string of the molecule is CC(C)(O)/C=C/c1ccc(S(C)(=O)=O)cc1. The highest BCUT2D eigenvalue weighted by atomic mass is 32.2. The molecular formula is C12H16O3S. The predicted molar refractivity (Wildman–Crippen MR) is 64.9 cm³/mol.